The molecule has 0 amide bonds. The first-order chi connectivity index (χ1) is 7.55. The number of thioether (sulfide) groups is 1. The van der Waals surface area contributed by atoms with Crippen LogP contribution in [-0.2, 0) is 0 Å². The first-order valence-corrected chi connectivity index (χ1v) is 7.48. The summed E-state index contributed by atoms with van der Waals surface area (Å²) in [4.78, 5) is 0. The molecule has 1 aliphatic carbocycles. The fourth-order valence-electron chi connectivity index (χ4n) is 3.08. The maximum atomic E-state index is 9.51. The van der Waals surface area contributed by atoms with Gasteiger partial charge in [-0.1, -0.05) is 26.7 Å². The van der Waals surface area contributed by atoms with Crippen LogP contribution in [-0.4, -0.2) is 23.1 Å². The van der Waals surface area contributed by atoms with Crippen molar-refractivity contribution in [3.8, 4) is 6.07 Å². The highest BCUT2D eigenvalue weighted by atomic mass is 32.2. The lowest BCUT2D eigenvalue weighted by Crippen LogP contribution is -2.55. The van der Waals surface area contributed by atoms with Crippen molar-refractivity contribution in [2.75, 3.05) is 11.5 Å². The minimum absolute atomic E-state index is 0.262. The maximum Gasteiger partial charge on any atom is 0.116 e. The van der Waals surface area contributed by atoms with Crippen molar-refractivity contribution in [3.63, 3.8) is 0 Å². The molecule has 0 aromatic heterocycles. The quantitative estimate of drug-likeness (QED) is 0.803. The molecule has 0 bridgehead atoms. The van der Waals surface area contributed by atoms with E-state index in [1.165, 1.54) is 31.4 Å². The van der Waals surface area contributed by atoms with Gasteiger partial charge in [-0.15, -0.1) is 0 Å². The number of hydrogen-bond acceptors (Lipinski definition) is 3. The number of hydrogen-bond donors (Lipinski definition) is 1. The molecule has 0 aromatic rings. The molecule has 1 N–H and O–H groups in total. The first-order valence-electron chi connectivity index (χ1n) is 6.32. The molecule has 1 aliphatic heterocycles. The molecule has 3 heteroatoms. The molecule has 1 unspecified atom stereocenters. The van der Waals surface area contributed by atoms with Crippen LogP contribution in [0.4, 0.5) is 0 Å². The molecule has 1 saturated carbocycles. The van der Waals surface area contributed by atoms with Gasteiger partial charge in [0.25, 0.3) is 0 Å². The Kier molecular flexibility index (Phi) is 3.51. The van der Waals surface area contributed by atoms with Gasteiger partial charge in [0.15, 0.2) is 0 Å². The second-order valence-electron chi connectivity index (χ2n) is 6.15. The number of rotatable bonds is 2. The normalized spacial score (nSPS) is 34.8. The largest absolute Gasteiger partial charge is 0.296 e. The summed E-state index contributed by atoms with van der Waals surface area (Å²) in [6.07, 6.45) is 6.18. The van der Waals surface area contributed by atoms with Crippen LogP contribution >= 0.6 is 11.8 Å². The summed E-state index contributed by atoms with van der Waals surface area (Å²) in [5.74, 6) is 2.15. The molecule has 2 nitrogen and oxygen atoms in total. The Morgan fingerprint density at radius 2 is 1.94 bits per heavy atom. The van der Waals surface area contributed by atoms with Gasteiger partial charge < -0.3 is 0 Å². The monoisotopic (exact) mass is 238 g/mol. The predicted molar refractivity (Wildman–Crippen MR) is 69.5 cm³/mol. The van der Waals surface area contributed by atoms with Gasteiger partial charge in [-0.05, 0) is 30.4 Å². The highest BCUT2D eigenvalue weighted by Crippen LogP contribution is 2.39. The van der Waals surface area contributed by atoms with E-state index in [4.69, 9.17) is 0 Å². The molecule has 0 radical (unpaired) electrons. The molecular formula is C13H22N2S. The second kappa shape index (κ2) is 4.58. The van der Waals surface area contributed by atoms with Gasteiger partial charge in [-0.2, -0.15) is 17.0 Å². The Hall–Kier alpha value is -0.200. The molecule has 1 heterocycles. The SMILES string of the molecule is CC1(C)CSCC(C#N)(NC2CCCC2)C1. The number of nitrogens with zero attached hydrogens (tertiary/aromatic N) is 1. The maximum absolute atomic E-state index is 9.51. The van der Waals surface area contributed by atoms with Crippen molar-refractivity contribution in [3.05, 3.63) is 0 Å². The lowest BCUT2D eigenvalue weighted by Gasteiger charge is -2.42. The van der Waals surface area contributed by atoms with Crippen LogP contribution in [0.1, 0.15) is 46.0 Å². The fraction of sp³-hybridized carbons (Fsp3) is 0.923. The molecule has 0 aromatic carbocycles. The van der Waals surface area contributed by atoms with Crippen LogP contribution in [0.15, 0.2) is 0 Å². The summed E-state index contributed by atoms with van der Waals surface area (Å²) in [5.41, 5.74) is 0.0334. The van der Waals surface area contributed by atoms with E-state index in [0.717, 1.165) is 12.2 Å². The summed E-state index contributed by atoms with van der Waals surface area (Å²) in [7, 11) is 0. The Labute approximate surface area is 103 Å². The van der Waals surface area contributed by atoms with E-state index >= 15 is 0 Å². The van der Waals surface area contributed by atoms with E-state index in [0.29, 0.717) is 11.5 Å². The standard InChI is InChI=1S/C13H22N2S/c1-12(2)7-13(8-14,10-16-9-12)15-11-5-3-4-6-11/h11,15H,3-7,9-10H2,1-2H3. The average molecular weight is 238 g/mol. The van der Waals surface area contributed by atoms with Gasteiger partial charge in [-0.3, -0.25) is 5.32 Å². The third-order valence-electron chi connectivity index (χ3n) is 3.67. The second-order valence-corrected chi connectivity index (χ2v) is 7.14. The van der Waals surface area contributed by atoms with Gasteiger partial charge in [0.1, 0.15) is 5.54 Å². The third kappa shape index (κ3) is 2.73. The van der Waals surface area contributed by atoms with E-state index in [1.807, 2.05) is 11.8 Å². The lowest BCUT2D eigenvalue weighted by atomic mass is 9.80. The van der Waals surface area contributed by atoms with Crippen molar-refractivity contribution in [2.45, 2.75) is 57.5 Å². The number of nitriles is 1. The molecule has 2 aliphatic rings. The molecule has 2 rings (SSSR count). The Bertz CT molecular complexity index is 289. The summed E-state index contributed by atoms with van der Waals surface area (Å²) in [6, 6.07) is 3.16. The van der Waals surface area contributed by atoms with Crippen LogP contribution in [0.3, 0.4) is 0 Å². The van der Waals surface area contributed by atoms with Crippen molar-refractivity contribution >= 4 is 11.8 Å². The van der Waals surface area contributed by atoms with Crippen molar-refractivity contribution in [1.29, 1.82) is 5.26 Å². The van der Waals surface area contributed by atoms with Crippen LogP contribution in [0.25, 0.3) is 0 Å². The van der Waals surface area contributed by atoms with Gasteiger partial charge in [0.05, 0.1) is 6.07 Å². The zero-order chi connectivity index (χ0) is 11.6. The minimum Gasteiger partial charge on any atom is -0.296 e. The van der Waals surface area contributed by atoms with Gasteiger partial charge in [-0.25, -0.2) is 0 Å². The molecule has 1 atom stereocenters. The van der Waals surface area contributed by atoms with E-state index < -0.39 is 0 Å². The molecule has 16 heavy (non-hydrogen) atoms. The van der Waals surface area contributed by atoms with Gasteiger partial charge in [0, 0.05) is 11.8 Å². The average Bonchev–Trinajstić information content (AvgIpc) is 2.69. The summed E-state index contributed by atoms with van der Waals surface area (Å²) in [6.45, 7) is 4.56. The molecule has 1 saturated heterocycles. The third-order valence-corrected chi connectivity index (χ3v) is 5.35. The molecule has 2 fully saturated rings. The fourth-order valence-corrected chi connectivity index (χ4v) is 4.43. The molecular weight excluding hydrogens is 216 g/mol. The van der Waals surface area contributed by atoms with Crippen LogP contribution in [0.2, 0.25) is 0 Å². The predicted octanol–water partition coefficient (Wildman–Crippen LogP) is 2.94. The van der Waals surface area contributed by atoms with Crippen LogP contribution in [0.5, 0.6) is 0 Å². The highest BCUT2D eigenvalue weighted by molar-refractivity contribution is 7.99. The molecule has 0 spiro atoms. The highest BCUT2D eigenvalue weighted by Gasteiger charge is 2.42. The van der Waals surface area contributed by atoms with Crippen LogP contribution in [0, 0.1) is 16.7 Å². The van der Waals surface area contributed by atoms with Crippen molar-refractivity contribution in [1.82, 2.24) is 5.32 Å². The molecule has 90 valence electrons. The van der Waals surface area contributed by atoms with Gasteiger partial charge >= 0.3 is 0 Å². The van der Waals surface area contributed by atoms with E-state index in [9.17, 15) is 5.26 Å². The minimum atomic E-state index is -0.262. The topological polar surface area (TPSA) is 35.8 Å². The van der Waals surface area contributed by atoms with E-state index in [-0.39, 0.29) is 5.54 Å². The van der Waals surface area contributed by atoms with E-state index in [1.54, 1.807) is 0 Å². The van der Waals surface area contributed by atoms with Crippen molar-refractivity contribution in [2.24, 2.45) is 5.41 Å². The first kappa shape index (κ1) is 12.3. The van der Waals surface area contributed by atoms with Gasteiger partial charge in [0.2, 0.25) is 0 Å². The number of nitrogens with one attached hydrogen (secondary N) is 1. The summed E-state index contributed by atoms with van der Waals surface area (Å²) in [5, 5.41) is 13.2. The summed E-state index contributed by atoms with van der Waals surface area (Å²) >= 11 is 1.93. The zero-order valence-electron chi connectivity index (χ0n) is 10.4. The Balaban J connectivity index is 2.03. The van der Waals surface area contributed by atoms with E-state index in [2.05, 4.69) is 25.2 Å². The Morgan fingerprint density at radius 3 is 2.50 bits per heavy atom. The lowest BCUT2D eigenvalue weighted by molar-refractivity contribution is 0.251. The van der Waals surface area contributed by atoms with Crippen LogP contribution < -0.4 is 5.32 Å². The Morgan fingerprint density at radius 1 is 1.25 bits per heavy atom. The van der Waals surface area contributed by atoms with Crippen molar-refractivity contribution < 1.29 is 0 Å². The zero-order valence-corrected chi connectivity index (χ0v) is 11.2. The smallest absolute Gasteiger partial charge is 0.116 e. The summed E-state index contributed by atoms with van der Waals surface area (Å²) < 4.78 is 0.